The highest BCUT2D eigenvalue weighted by atomic mass is 32.1. The second-order valence-electron chi connectivity index (χ2n) is 4.36. The zero-order chi connectivity index (χ0) is 13.8. The van der Waals surface area contributed by atoms with E-state index in [1.807, 2.05) is 5.38 Å². The summed E-state index contributed by atoms with van der Waals surface area (Å²) in [5.41, 5.74) is 2.93. The van der Waals surface area contributed by atoms with Crippen LogP contribution in [0.5, 0.6) is 0 Å². The van der Waals surface area contributed by atoms with Crippen LogP contribution in [0.15, 0.2) is 5.38 Å². The van der Waals surface area contributed by atoms with Crippen LogP contribution in [0.3, 0.4) is 0 Å². The van der Waals surface area contributed by atoms with Crippen LogP contribution in [-0.4, -0.2) is 55.3 Å². The minimum Gasteiger partial charge on any atom is -0.377 e. The molecule has 1 amide bonds. The number of nitrogens with zero attached hydrogens (tertiary/aromatic N) is 2. The van der Waals surface area contributed by atoms with E-state index in [1.54, 1.807) is 14.2 Å². The molecule has 7 nitrogen and oxygen atoms in total. The van der Waals surface area contributed by atoms with Crippen molar-refractivity contribution in [3.63, 3.8) is 0 Å². The van der Waals surface area contributed by atoms with E-state index in [9.17, 15) is 4.79 Å². The average molecular weight is 286 g/mol. The van der Waals surface area contributed by atoms with Crippen LogP contribution < -0.4 is 11.3 Å². The molecule has 0 aromatic carbocycles. The average Bonchev–Trinajstić information content (AvgIpc) is 3.04. The number of hydrazine groups is 1. The second-order valence-corrected chi connectivity index (χ2v) is 5.22. The zero-order valence-electron chi connectivity index (χ0n) is 11.0. The molecule has 2 unspecified atom stereocenters. The van der Waals surface area contributed by atoms with Gasteiger partial charge >= 0.3 is 0 Å². The summed E-state index contributed by atoms with van der Waals surface area (Å²) in [7, 11) is 3.37. The minimum atomic E-state index is -0.359. The lowest BCUT2D eigenvalue weighted by atomic mass is 10.3. The van der Waals surface area contributed by atoms with Crippen molar-refractivity contribution < 1.29 is 14.3 Å². The molecular weight excluding hydrogens is 268 g/mol. The SMILES string of the molecule is COC1CN(Cc2csc(C(=O)NN)n2)CC1OC. The Morgan fingerprint density at radius 2 is 2.16 bits per heavy atom. The standard InChI is InChI=1S/C11H18N4O3S/c1-17-8-4-15(5-9(8)18-2)3-7-6-19-11(13-7)10(16)14-12/h6,8-9H,3-5,12H2,1-2H3,(H,14,16). The predicted octanol–water partition coefficient (Wildman–Crippen LogP) is -0.408. The number of carbonyl (C=O) groups excluding carboxylic acids is 1. The van der Waals surface area contributed by atoms with Crippen LogP contribution in [0.2, 0.25) is 0 Å². The van der Waals surface area contributed by atoms with Crippen molar-refractivity contribution in [3.05, 3.63) is 16.1 Å². The van der Waals surface area contributed by atoms with E-state index in [1.165, 1.54) is 11.3 Å². The maximum Gasteiger partial charge on any atom is 0.294 e. The van der Waals surface area contributed by atoms with Gasteiger partial charge in [0.2, 0.25) is 0 Å². The topological polar surface area (TPSA) is 89.7 Å². The fourth-order valence-electron chi connectivity index (χ4n) is 2.18. The molecule has 1 saturated heterocycles. The molecule has 0 bridgehead atoms. The Labute approximate surface area is 115 Å². The summed E-state index contributed by atoms with van der Waals surface area (Å²) >= 11 is 1.29. The third-order valence-electron chi connectivity index (χ3n) is 3.16. The van der Waals surface area contributed by atoms with Crippen molar-refractivity contribution >= 4 is 17.2 Å². The summed E-state index contributed by atoms with van der Waals surface area (Å²) in [6.45, 7) is 2.27. The number of nitrogen functional groups attached to an aromatic ring is 1. The molecule has 0 saturated carbocycles. The Morgan fingerprint density at radius 3 is 2.68 bits per heavy atom. The van der Waals surface area contributed by atoms with E-state index >= 15 is 0 Å². The molecule has 1 fully saturated rings. The lowest BCUT2D eigenvalue weighted by Crippen LogP contribution is -2.30. The predicted molar refractivity (Wildman–Crippen MR) is 70.6 cm³/mol. The number of nitrogens with one attached hydrogen (secondary N) is 1. The molecule has 2 heterocycles. The monoisotopic (exact) mass is 286 g/mol. The number of ether oxygens (including phenoxy) is 2. The first-order chi connectivity index (χ1) is 9.17. The molecule has 8 heteroatoms. The first kappa shape index (κ1) is 14.4. The van der Waals surface area contributed by atoms with Gasteiger partial charge in [-0.2, -0.15) is 0 Å². The van der Waals surface area contributed by atoms with Crippen LogP contribution in [0.1, 0.15) is 15.5 Å². The maximum atomic E-state index is 11.3. The number of hydrogen-bond acceptors (Lipinski definition) is 7. The van der Waals surface area contributed by atoms with Gasteiger partial charge < -0.3 is 9.47 Å². The summed E-state index contributed by atoms with van der Waals surface area (Å²) in [5, 5.41) is 2.25. The third-order valence-corrected chi connectivity index (χ3v) is 4.05. The van der Waals surface area contributed by atoms with Gasteiger partial charge in [-0.05, 0) is 0 Å². The van der Waals surface area contributed by atoms with Gasteiger partial charge in [0, 0.05) is 39.2 Å². The van der Waals surface area contributed by atoms with Crippen molar-refractivity contribution in [2.75, 3.05) is 27.3 Å². The number of carbonyl (C=O) groups is 1. The quantitative estimate of drug-likeness (QED) is 0.434. The van der Waals surface area contributed by atoms with Gasteiger partial charge in [-0.1, -0.05) is 0 Å². The molecular formula is C11H18N4O3S. The molecule has 0 spiro atoms. The van der Waals surface area contributed by atoms with Gasteiger partial charge in [-0.3, -0.25) is 15.1 Å². The van der Waals surface area contributed by atoms with E-state index < -0.39 is 0 Å². The fraction of sp³-hybridized carbons (Fsp3) is 0.636. The summed E-state index contributed by atoms with van der Waals surface area (Å²) in [5.74, 6) is 4.71. The van der Waals surface area contributed by atoms with Gasteiger partial charge in [0.15, 0.2) is 5.01 Å². The Balaban J connectivity index is 1.95. The van der Waals surface area contributed by atoms with Crippen LogP contribution in [0, 0.1) is 0 Å². The number of methoxy groups -OCH3 is 2. The fourth-order valence-corrected chi connectivity index (χ4v) is 2.89. The number of rotatable bonds is 5. The number of likely N-dealkylation sites (tertiary alicyclic amines) is 1. The second kappa shape index (κ2) is 6.40. The Hall–Kier alpha value is -1.06. The van der Waals surface area contributed by atoms with E-state index in [2.05, 4.69) is 15.3 Å². The van der Waals surface area contributed by atoms with Gasteiger partial charge in [0.1, 0.15) is 0 Å². The molecule has 1 aromatic rings. The van der Waals surface area contributed by atoms with Crippen molar-refractivity contribution in [1.29, 1.82) is 0 Å². The highest BCUT2D eigenvalue weighted by molar-refractivity contribution is 7.11. The summed E-state index contributed by atoms with van der Waals surface area (Å²) in [6.07, 6.45) is 0.158. The van der Waals surface area contributed by atoms with Gasteiger partial charge in [0.05, 0.1) is 17.9 Å². The highest BCUT2D eigenvalue weighted by Crippen LogP contribution is 2.19. The Bertz CT molecular complexity index is 427. The molecule has 1 aromatic heterocycles. The van der Waals surface area contributed by atoms with Gasteiger partial charge in [-0.15, -0.1) is 11.3 Å². The van der Waals surface area contributed by atoms with Crippen LogP contribution in [0.25, 0.3) is 0 Å². The smallest absolute Gasteiger partial charge is 0.294 e. The van der Waals surface area contributed by atoms with Crippen molar-refractivity contribution in [1.82, 2.24) is 15.3 Å². The number of nitrogens with two attached hydrogens (primary N) is 1. The molecule has 0 aliphatic carbocycles. The summed E-state index contributed by atoms with van der Waals surface area (Å²) in [4.78, 5) is 17.8. The number of amides is 1. The first-order valence-electron chi connectivity index (χ1n) is 5.91. The largest absolute Gasteiger partial charge is 0.377 e. The normalized spacial score (nSPS) is 23.7. The van der Waals surface area contributed by atoms with Crippen molar-refractivity contribution in [2.24, 2.45) is 5.84 Å². The van der Waals surface area contributed by atoms with Crippen LogP contribution in [0.4, 0.5) is 0 Å². The van der Waals surface area contributed by atoms with Gasteiger partial charge in [-0.25, -0.2) is 10.8 Å². The molecule has 2 rings (SSSR count). The molecule has 0 radical (unpaired) electrons. The van der Waals surface area contributed by atoms with Crippen molar-refractivity contribution in [3.8, 4) is 0 Å². The number of aromatic nitrogens is 1. The minimum absolute atomic E-state index is 0.0791. The molecule has 106 valence electrons. The van der Waals surface area contributed by atoms with E-state index in [-0.39, 0.29) is 18.1 Å². The third kappa shape index (κ3) is 3.28. The van der Waals surface area contributed by atoms with Crippen LogP contribution in [-0.2, 0) is 16.0 Å². The lowest BCUT2D eigenvalue weighted by Gasteiger charge is -2.13. The van der Waals surface area contributed by atoms with Crippen LogP contribution >= 0.6 is 11.3 Å². The number of hydrogen-bond donors (Lipinski definition) is 2. The highest BCUT2D eigenvalue weighted by Gasteiger charge is 2.33. The van der Waals surface area contributed by atoms with E-state index in [0.29, 0.717) is 11.6 Å². The molecule has 1 aliphatic rings. The summed E-state index contributed by atoms with van der Waals surface area (Å²) < 4.78 is 10.8. The molecule has 2 atom stereocenters. The number of thiazole rings is 1. The van der Waals surface area contributed by atoms with E-state index in [0.717, 1.165) is 18.8 Å². The Morgan fingerprint density at radius 1 is 1.53 bits per heavy atom. The van der Waals surface area contributed by atoms with Gasteiger partial charge in [0.25, 0.3) is 5.91 Å². The zero-order valence-corrected chi connectivity index (χ0v) is 11.8. The molecule has 1 aliphatic heterocycles. The molecule has 3 N–H and O–H groups in total. The van der Waals surface area contributed by atoms with E-state index in [4.69, 9.17) is 15.3 Å². The Kier molecular flexibility index (Phi) is 4.83. The lowest BCUT2D eigenvalue weighted by molar-refractivity contribution is -0.00461. The maximum absolute atomic E-state index is 11.3. The summed E-state index contributed by atoms with van der Waals surface area (Å²) in [6, 6.07) is 0. The van der Waals surface area contributed by atoms with Crippen molar-refractivity contribution in [2.45, 2.75) is 18.8 Å². The first-order valence-corrected chi connectivity index (χ1v) is 6.79. The molecule has 19 heavy (non-hydrogen) atoms.